The Morgan fingerprint density at radius 1 is 0.967 bits per heavy atom. The van der Waals surface area contributed by atoms with Crippen LogP contribution in [0.1, 0.15) is 10.4 Å². The fourth-order valence-electron chi connectivity index (χ4n) is 2.86. The third-order valence-electron chi connectivity index (χ3n) is 4.27. The van der Waals surface area contributed by atoms with Gasteiger partial charge in [0, 0.05) is 35.2 Å². The Balaban J connectivity index is 1.30. The van der Waals surface area contributed by atoms with Crippen molar-refractivity contribution < 1.29 is 14.5 Å². The van der Waals surface area contributed by atoms with Crippen LogP contribution in [0.3, 0.4) is 0 Å². The fraction of sp³-hybridized carbons (Fsp3) is 0. The van der Waals surface area contributed by atoms with E-state index in [1.807, 2.05) is 52.8 Å². The summed E-state index contributed by atoms with van der Waals surface area (Å²) in [4.78, 5) is 34.3. The number of rotatable bonds is 6. The molecule has 1 aliphatic heterocycles. The van der Waals surface area contributed by atoms with Crippen molar-refractivity contribution in [1.29, 1.82) is 0 Å². The Morgan fingerprint density at radius 2 is 1.73 bits per heavy atom. The molecule has 0 atom stereocenters. The quantitative estimate of drug-likeness (QED) is 0.238. The highest BCUT2D eigenvalue weighted by Gasteiger charge is 2.33. The smallest absolute Gasteiger partial charge is 0.282 e. The van der Waals surface area contributed by atoms with E-state index in [0.717, 1.165) is 40.5 Å². The number of carbonyl (C=O) groups is 2. The molecule has 10 heteroatoms. The van der Waals surface area contributed by atoms with Gasteiger partial charge in [0.05, 0.1) is 28.4 Å². The summed E-state index contributed by atoms with van der Waals surface area (Å²) in [5, 5.41) is 12.4. The maximum absolute atomic E-state index is 12.1. The number of hydrogen-bond donors (Lipinski definition) is 2. The predicted molar refractivity (Wildman–Crippen MR) is 118 cm³/mol. The summed E-state index contributed by atoms with van der Waals surface area (Å²) in [5.41, 5.74) is 4.13. The average Bonchev–Trinajstić information content (AvgIpc) is 3.47. The van der Waals surface area contributed by atoms with E-state index in [1.54, 1.807) is 0 Å². The zero-order valence-electron chi connectivity index (χ0n) is 15.3. The van der Waals surface area contributed by atoms with E-state index in [4.69, 9.17) is 0 Å². The average molecular weight is 438 g/mol. The van der Waals surface area contributed by atoms with Gasteiger partial charge in [-0.15, -0.1) is 0 Å². The third-order valence-corrected chi connectivity index (χ3v) is 5.75. The first-order chi connectivity index (χ1) is 14.5. The summed E-state index contributed by atoms with van der Waals surface area (Å²) in [6, 6.07) is 21.2. The van der Waals surface area contributed by atoms with E-state index in [2.05, 4.69) is 9.44 Å². The molecule has 0 spiro atoms. The number of anilines is 2. The molecule has 8 nitrogen and oxygen atoms in total. The van der Waals surface area contributed by atoms with Crippen LogP contribution in [-0.2, 0) is 0 Å². The van der Waals surface area contributed by atoms with Gasteiger partial charge in [-0.2, -0.15) is 4.13 Å². The molecule has 0 saturated heterocycles. The molecule has 150 valence electrons. The van der Waals surface area contributed by atoms with Crippen molar-refractivity contribution in [1.82, 2.24) is 9.44 Å². The van der Waals surface area contributed by atoms with Crippen LogP contribution in [0.5, 0.6) is 0 Å². The first kappa shape index (κ1) is 20.0. The van der Waals surface area contributed by atoms with Crippen LogP contribution in [0.25, 0.3) is 11.1 Å². The van der Waals surface area contributed by atoms with Gasteiger partial charge in [-0.1, -0.05) is 48.5 Å². The summed E-state index contributed by atoms with van der Waals surface area (Å²) in [5.74, 6) is -0.704. The zero-order valence-corrected chi connectivity index (χ0v) is 16.9. The molecule has 0 aliphatic carbocycles. The van der Waals surface area contributed by atoms with Gasteiger partial charge in [-0.3, -0.25) is 29.3 Å². The van der Waals surface area contributed by atoms with E-state index in [9.17, 15) is 19.7 Å². The highest BCUT2D eigenvalue weighted by molar-refractivity contribution is 8.21. The number of nitro benzene ring substituents is 1. The summed E-state index contributed by atoms with van der Waals surface area (Å²) in [6.07, 6.45) is 0. The number of amides is 2. The fourth-order valence-corrected chi connectivity index (χ4v) is 4.24. The highest BCUT2D eigenvalue weighted by atomic mass is 32.2. The van der Waals surface area contributed by atoms with Crippen molar-refractivity contribution in [2.45, 2.75) is 0 Å². The van der Waals surface area contributed by atoms with Crippen molar-refractivity contribution in [2.75, 3.05) is 4.31 Å². The maximum atomic E-state index is 12.1. The number of benzene rings is 3. The minimum atomic E-state index is -0.704. The Morgan fingerprint density at radius 3 is 2.50 bits per heavy atom. The van der Waals surface area contributed by atoms with Crippen LogP contribution in [0, 0.1) is 10.1 Å². The van der Waals surface area contributed by atoms with Crippen molar-refractivity contribution in [2.24, 2.45) is 0 Å². The molecule has 2 N–H and O–H groups in total. The third kappa shape index (κ3) is 4.30. The van der Waals surface area contributed by atoms with E-state index in [0.29, 0.717) is 0 Å². The molecule has 0 aromatic heterocycles. The molecule has 30 heavy (non-hydrogen) atoms. The van der Waals surface area contributed by atoms with Gasteiger partial charge in [0.1, 0.15) is 0 Å². The van der Waals surface area contributed by atoms with Gasteiger partial charge >= 0.3 is 5.24 Å². The van der Waals surface area contributed by atoms with E-state index >= 15 is 0 Å². The van der Waals surface area contributed by atoms with Gasteiger partial charge < -0.3 is 0 Å². The molecule has 0 bridgehead atoms. The Bertz CT molecular complexity index is 1140. The Labute approximate surface area is 180 Å². The number of imide groups is 1. The number of hydrogen-bond acceptors (Lipinski definition) is 8. The Hall–Kier alpha value is -3.34. The molecule has 1 heterocycles. The second kappa shape index (κ2) is 8.57. The predicted octanol–water partition coefficient (Wildman–Crippen LogP) is 5.06. The van der Waals surface area contributed by atoms with Gasteiger partial charge in [0.2, 0.25) is 0 Å². The van der Waals surface area contributed by atoms with Crippen molar-refractivity contribution in [3.63, 3.8) is 0 Å². The summed E-state index contributed by atoms with van der Waals surface area (Å²) >= 11 is 1.94. The highest BCUT2D eigenvalue weighted by Crippen LogP contribution is 2.57. The molecule has 2 amide bonds. The first-order valence-corrected chi connectivity index (χ1v) is 10.3. The largest absolute Gasteiger partial charge is 0.301 e. The monoisotopic (exact) mass is 438 g/mol. The van der Waals surface area contributed by atoms with Crippen molar-refractivity contribution in [3.05, 3.63) is 88.5 Å². The number of nitrogens with one attached hydrogen (secondary N) is 2. The summed E-state index contributed by atoms with van der Waals surface area (Å²) in [6.45, 7) is 0. The minimum absolute atomic E-state index is 0.0386. The van der Waals surface area contributed by atoms with Gasteiger partial charge in [-0.05, 0) is 17.7 Å². The second-order valence-electron chi connectivity index (χ2n) is 6.16. The molecular weight excluding hydrogens is 424 g/mol. The number of nitrogens with zero attached hydrogens (tertiary/aromatic N) is 2. The zero-order chi connectivity index (χ0) is 21.1. The molecule has 1 aliphatic rings. The molecule has 0 saturated carbocycles. The maximum Gasteiger partial charge on any atom is 0.301 e. The topological polar surface area (TPSA) is 104 Å². The van der Waals surface area contributed by atoms with E-state index in [1.165, 1.54) is 30.3 Å². The lowest BCUT2D eigenvalue weighted by Crippen LogP contribution is -2.28. The van der Waals surface area contributed by atoms with E-state index < -0.39 is 16.1 Å². The van der Waals surface area contributed by atoms with E-state index in [-0.39, 0.29) is 11.3 Å². The summed E-state index contributed by atoms with van der Waals surface area (Å²) < 4.78 is 4.80. The number of carbonyl (C=O) groups excluding carboxylic acids is 2. The Kier molecular flexibility index (Phi) is 5.70. The second-order valence-corrected chi connectivity index (χ2v) is 7.95. The van der Waals surface area contributed by atoms with Crippen LogP contribution in [0.4, 0.5) is 21.9 Å². The number of fused-ring (bicyclic) bond motifs is 1. The molecule has 0 fully saturated rings. The van der Waals surface area contributed by atoms with Crippen LogP contribution >= 0.6 is 24.1 Å². The van der Waals surface area contributed by atoms with Crippen LogP contribution in [-0.4, -0.2) is 16.1 Å². The van der Waals surface area contributed by atoms with Crippen LogP contribution < -0.4 is 13.7 Å². The SMILES string of the molecule is O=C(NC(=O)c1cccc([N+](=O)[O-])c1)SNSN1c2cccc(-c3ccccc3)c21. The first-order valence-electron chi connectivity index (χ1n) is 8.72. The lowest BCUT2D eigenvalue weighted by atomic mass is 10.1. The van der Waals surface area contributed by atoms with Crippen molar-refractivity contribution >= 4 is 52.3 Å². The summed E-state index contributed by atoms with van der Waals surface area (Å²) in [7, 11) is 0. The van der Waals surface area contributed by atoms with Crippen LogP contribution in [0.2, 0.25) is 0 Å². The molecule has 0 unspecified atom stereocenters. The normalized spacial score (nSPS) is 11.5. The number of non-ortho nitro benzene ring substituents is 1. The van der Waals surface area contributed by atoms with Gasteiger partial charge in [0.15, 0.2) is 0 Å². The molecule has 3 aromatic carbocycles. The molecule has 0 radical (unpaired) electrons. The molecule has 3 aromatic rings. The number of para-hydroxylation sites is 1. The standard InChI is InChI=1S/C20H14N4O4S2/c25-19(14-8-4-9-15(12-14)24(27)28)21-20(26)29-22-30-23-17-11-5-10-16(18(17)23)13-6-2-1-3-7-13/h1-12,22H,(H,21,25,26). The van der Waals surface area contributed by atoms with Gasteiger partial charge in [0.25, 0.3) is 11.6 Å². The lowest BCUT2D eigenvalue weighted by Gasteiger charge is -2.06. The van der Waals surface area contributed by atoms with Crippen molar-refractivity contribution in [3.8, 4) is 11.1 Å². The minimum Gasteiger partial charge on any atom is -0.282 e. The lowest BCUT2D eigenvalue weighted by molar-refractivity contribution is -0.384. The van der Waals surface area contributed by atoms with Crippen LogP contribution in [0.15, 0.2) is 72.8 Å². The molecular formula is C20H14N4O4S2. The number of nitro groups is 1. The molecule has 4 rings (SSSR count). The van der Waals surface area contributed by atoms with Gasteiger partial charge in [-0.25, -0.2) is 0 Å².